The number of piperidine rings is 1. The lowest BCUT2D eigenvalue weighted by atomic mass is 10.0. The number of aromatic nitrogens is 1. The van der Waals surface area contributed by atoms with Crippen molar-refractivity contribution in [3.8, 4) is 0 Å². The molecule has 3 rings (SSSR count). The van der Waals surface area contributed by atoms with E-state index in [9.17, 15) is 13.2 Å². The quantitative estimate of drug-likeness (QED) is 0.929. The van der Waals surface area contributed by atoms with Gasteiger partial charge in [0.1, 0.15) is 0 Å². The van der Waals surface area contributed by atoms with Crippen LogP contribution < -0.4 is 0 Å². The molecule has 2 aromatic rings. The summed E-state index contributed by atoms with van der Waals surface area (Å²) < 4.78 is 27.4. The highest BCUT2D eigenvalue weighted by molar-refractivity contribution is 7.89. The maximum absolute atomic E-state index is 12.6. The topological polar surface area (TPSA) is 87.6 Å². The zero-order chi connectivity index (χ0) is 15.0. The van der Waals surface area contributed by atoms with Gasteiger partial charge in [-0.05, 0) is 31.0 Å². The molecule has 1 saturated heterocycles. The molecule has 0 spiro atoms. The fraction of sp³-hybridized carbons (Fsp3) is 0.385. The SMILES string of the molecule is O=C(O)C1CCCN(S(=O)(=O)c2ccc3ncsc3c2)C1. The van der Waals surface area contributed by atoms with Gasteiger partial charge in [0.05, 0.1) is 26.5 Å². The van der Waals surface area contributed by atoms with E-state index < -0.39 is 21.9 Å². The molecule has 0 radical (unpaired) electrons. The van der Waals surface area contributed by atoms with Crippen molar-refractivity contribution in [2.45, 2.75) is 17.7 Å². The molecule has 1 atom stereocenters. The van der Waals surface area contributed by atoms with Gasteiger partial charge in [-0.3, -0.25) is 4.79 Å². The molecule has 0 amide bonds. The number of carboxylic acids is 1. The van der Waals surface area contributed by atoms with Crippen molar-refractivity contribution < 1.29 is 18.3 Å². The fourth-order valence-electron chi connectivity index (χ4n) is 2.51. The van der Waals surface area contributed by atoms with E-state index in [4.69, 9.17) is 5.11 Å². The predicted molar refractivity (Wildman–Crippen MR) is 78.7 cm³/mol. The molecule has 1 aromatic heterocycles. The number of fused-ring (bicyclic) bond motifs is 1. The van der Waals surface area contributed by atoms with Gasteiger partial charge in [-0.15, -0.1) is 11.3 Å². The van der Waals surface area contributed by atoms with E-state index in [1.54, 1.807) is 17.6 Å². The number of aliphatic carboxylic acids is 1. The lowest BCUT2D eigenvalue weighted by Gasteiger charge is -2.29. The third kappa shape index (κ3) is 2.66. The second kappa shape index (κ2) is 5.36. The summed E-state index contributed by atoms with van der Waals surface area (Å²) in [6.07, 6.45) is 1.09. The molecule has 2 heterocycles. The van der Waals surface area contributed by atoms with Gasteiger partial charge in [0, 0.05) is 13.1 Å². The second-order valence-electron chi connectivity index (χ2n) is 5.02. The van der Waals surface area contributed by atoms with Gasteiger partial charge >= 0.3 is 5.97 Å². The number of sulfonamides is 1. The van der Waals surface area contributed by atoms with Crippen molar-refractivity contribution in [1.82, 2.24) is 9.29 Å². The van der Waals surface area contributed by atoms with Crippen LogP contribution in [0.15, 0.2) is 28.6 Å². The Morgan fingerprint density at radius 3 is 3.00 bits per heavy atom. The van der Waals surface area contributed by atoms with E-state index in [0.29, 0.717) is 19.4 Å². The first-order valence-electron chi connectivity index (χ1n) is 6.55. The van der Waals surface area contributed by atoms with Crippen LogP contribution in [0.4, 0.5) is 0 Å². The predicted octanol–water partition coefficient (Wildman–Crippen LogP) is 1.78. The largest absolute Gasteiger partial charge is 0.481 e. The normalized spacial score (nSPS) is 20.7. The van der Waals surface area contributed by atoms with Gasteiger partial charge < -0.3 is 5.11 Å². The van der Waals surface area contributed by atoms with Gasteiger partial charge in [-0.1, -0.05) is 0 Å². The minimum absolute atomic E-state index is 0.0401. The number of hydrogen-bond donors (Lipinski definition) is 1. The van der Waals surface area contributed by atoms with Gasteiger partial charge in [-0.25, -0.2) is 13.4 Å². The Morgan fingerprint density at radius 1 is 1.43 bits per heavy atom. The van der Waals surface area contributed by atoms with Gasteiger partial charge in [0.25, 0.3) is 0 Å². The molecule has 0 bridgehead atoms. The zero-order valence-electron chi connectivity index (χ0n) is 11.1. The minimum atomic E-state index is -3.65. The maximum atomic E-state index is 12.6. The lowest BCUT2D eigenvalue weighted by molar-refractivity contribution is -0.142. The van der Waals surface area contributed by atoms with E-state index in [2.05, 4.69) is 4.98 Å². The summed E-state index contributed by atoms with van der Waals surface area (Å²) >= 11 is 1.38. The number of thiazole rings is 1. The average molecular weight is 326 g/mol. The molecule has 1 aromatic carbocycles. The van der Waals surface area contributed by atoms with Gasteiger partial charge in [0.2, 0.25) is 10.0 Å². The highest BCUT2D eigenvalue weighted by Gasteiger charge is 2.33. The van der Waals surface area contributed by atoms with Crippen molar-refractivity contribution >= 4 is 37.5 Å². The summed E-state index contributed by atoms with van der Waals surface area (Å²) in [5.74, 6) is -1.56. The molecule has 8 heteroatoms. The van der Waals surface area contributed by atoms with Crippen molar-refractivity contribution in [3.63, 3.8) is 0 Å². The van der Waals surface area contributed by atoms with Crippen LogP contribution in [0.25, 0.3) is 10.2 Å². The Labute approximate surface area is 126 Å². The Morgan fingerprint density at radius 2 is 2.24 bits per heavy atom. The minimum Gasteiger partial charge on any atom is -0.481 e. The highest BCUT2D eigenvalue weighted by Crippen LogP contribution is 2.27. The Bertz CT molecular complexity index is 784. The number of benzene rings is 1. The van der Waals surface area contributed by atoms with Crippen molar-refractivity contribution in [2.24, 2.45) is 5.92 Å². The molecule has 1 aliphatic rings. The van der Waals surface area contributed by atoms with E-state index in [1.165, 1.54) is 21.7 Å². The summed E-state index contributed by atoms with van der Waals surface area (Å²) in [6.45, 7) is 0.408. The van der Waals surface area contributed by atoms with Crippen molar-refractivity contribution in [1.29, 1.82) is 0 Å². The van der Waals surface area contributed by atoms with E-state index in [-0.39, 0.29) is 11.4 Å². The van der Waals surface area contributed by atoms with Gasteiger partial charge in [0.15, 0.2) is 0 Å². The molecular formula is C13H14N2O4S2. The van der Waals surface area contributed by atoms with Crippen LogP contribution in [0.1, 0.15) is 12.8 Å². The first-order valence-corrected chi connectivity index (χ1v) is 8.86. The third-order valence-corrected chi connectivity index (χ3v) is 6.33. The molecule has 1 unspecified atom stereocenters. The first kappa shape index (κ1) is 14.4. The van der Waals surface area contributed by atoms with Crippen LogP contribution in [0.3, 0.4) is 0 Å². The summed E-state index contributed by atoms with van der Waals surface area (Å²) in [6, 6.07) is 4.81. The van der Waals surface area contributed by atoms with E-state index in [1.807, 2.05) is 0 Å². The van der Waals surface area contributed by atoms with E-state index in [0.717, 1.165) is 10.2 Å². The van der Waals surface area contributed by atoms with Crippen LogP contribution in [-0.4, -0.2) is 41.9 Å². The summed E-state index contributed by atoms with van der Waals surface area (Å²) in [7, 11) is -3.65. The third-order valence-electron chi connectivity index (χ3n) is 3.67. The molecular weight excluding hydrogens is 312 g/mol. The lowest BCUT2D eigenvalue weighted by Crippen LogP contribution is -2.42. The smallest absolute Gasteiger partial charge is 0.307 e. The Balaban J connectivity index is 1.93. The molecule has 112 valence electrons. The standard InChI is InChI=1S/C13H14N2O4S2/c16-13(17)9-2-1-5-15(7-9)21(18,19)10-3-4-11-12(6-10)20-8-14-11/h3-4,6,8-9H,1-2,5,7H2,(H,16,17). The number of rotatable bonds is 3. The molecule has 6 nitrogen and oxygen atoms in total. The average Bonchev–Trinajstić information content (AvgIpc) is 2.94. The van der Waals surface area contributed by atoms with Crippen LogP contribution >= 0.6 is 11.3 Å². The Hall–Kier alpha value is -1.51. The molecule has 0 aliphatic carbocycles. The number of nitrogens with zero attached hydrogens (tertiary/aromatic N) is 2. The first-order chi connectivity index (χ1) is 9.98. The fourth-order valence-corrected chi connectivity index (χ4v) is 4.85. The van der Waals surface area contributed by atoms with Gasteiger partial charge in [-0.2, -0.15) is 4.31 Å². The highest BCUT2D eigenvalue weighted by atomic mass is 32.2. The summed E-state index contributed by atoms with van der Waals surface area (Å²) in [4.78, 5) is 15.4. The Kier molecular flexibility index (Phi) is 3.68. The maximum Gasteiger partial charge on any atom is 0.307 e. The van der Waals surface area contributed by atoms with E-state index >= 15 is 0 Å². The molecule has 1 fully saturated rings. The van der Waals surface area contributed by atoms with Crippen LogP contribution in [0.5, 0.6) is 0 Å². The molecule has 0 saturated carbocycles. The summed E-state index contributed by atoms with van der Waals surface area (Å²) in [5.41, 5.74) is 2.43. The molecule has 21 heavy (non-hydrogen) atoms. The molecule has 1 N–H and O–H groups in total. The monoisotopic (exact) mass is 326 g/mol. The zero-order valence-corrected chi connectivity index (χ0v) is 12.7. The van der Waals surface area contributed by atoms with Crippen molar-refractivity contribution in [2.75, 3.05) is 13.1 Å². The second-order valence-corrected chi connectivity index (χ2v) is 7.85. The number of carboxylic acid groups (broad SMARTS) is 1. The molecule has 1 aliphatic heterocycles. The number of hydrogen-bond acceptors (Lipinski definition) is 5. The number of carbonyl (C=O) groups is 1. The summed E-state index contributed by atoms with van der Waals surface area (Å²) in [5, 5.41) is 9.08. The van der Waals surface area contributed by atoms with Crippen LogP contribution in [0, 0.1) is 5.92 Å². The van der Waals surface area contributed by atoms with Crippen LogP contribution in [-0.2, 0) is 14.8 Å². The van der Waals surface area contributed by atoms with Crippen molar-refractivity contribution in [3.05, 3.63) is 23.7 Å². The van der Waals surface area contributed by atoms with Crippen LogP contribution in [0.2, 0.25) is 0 Å².